The third-order valence-corrected chi connectivity index (χ3v) is 4.54. The summed E-state index contributed by atoms with van der Waals surface area (Å²) in [7, 11) is 0. The molecule has 0 bridgehead atoms. The first kappa shape index (κ1) is 11.0. The largest absolute Gasteiger partial charge is 0.307 e. The van der Waals surface area contributed by atoms with Gasteiger partial charge in [-0.3, -0.25) is 0 Å². The summed E-state index contributed by atoms with van der Waals surface area (Å²) in [5.74, 6) is 0. The van der Waals surface area contributed by atoms with Gasteiger partial charge < -0.3 is 5.32 Å². The lowest BCUT2D eigenvalue weighted by Crippen LogP contribution is -2.26. The van der Waals surface area contributed by atoms with Gasteiger partial charge in [-0.25, -0.2) is 0 Å². The van der Waals surface area contributed by atoms with Gasteiger partial charge in [-0.15, -0.1) is 11.3 Å². The second kappa shape index (κ2) is 4.28. The topological polar surface area (TPSA) is 12.0 Å². The van der Waals surface area contributed by atoms with Gasteiger partial charge in [0.15, 0.2) is 0 Å². The number of thiophene rings is 1. The van der Waals surface area contributed by atoms with Gasteiger partial charge in [0, 0.05) is 21.8 Å². The molecule has 17 heavy (non-hydrogen) atoms. The van der Waals surface area contributed by atoms with E-state index in [4.69, 9.17) is 0 Å². The number of hydrogen-bond donors (Lipinski definition) is 1. The molecule has 1 saturated carbocycles. The number of nitrogens with one attached hydrogen (secondary N) is 1. The summed E-state index contributed by atoms with van der Waals surface area (Å²) in [4.78, 5) is 2.79. The van der Waals surface area contributed by atoms with Crippen molar-refractivity contribution in [1.82, 2.24) is 5.32 Å². The summed E-state index contributed by atoms with van der Waals surface area (Å²) < 4.78 is 0. The van der Waals surface area contributed by atoms with Crippen LogP contribution >= 0.6 is 11.3 Å². The molecule has 1 fully saturated rings. The Hall–Kier alpha value is -1.12. The summed E-state index contributed by atoms with van der Waals surface area (Å²) in [6, 6.07) is 15.1. The van der Waals surface area contributed by atoms with Crippen LogP contribution in [-0.4, -0.2) is 5.54 Å². The molecule has 1 heterocycles. The van der Waals surface area contributed by atoms with Crippen LogP contribution in [0.15, 0.2) is 42.5 Å². The summed E-state index contributed by atoms with van der Waals surface area (Å²) in [5.41, 5.74) is 1.75. The maximum Gasteiger partial charge on any atom is 0.0346 e. The molecule has 1 aromatic carbocycles. The van der Waals surface area contributed by atoms with E-state index in [0.29, 0.717) is 5.54 Å². The Bertz CT molecular complexity index is 497. The Labute approximate surface area is 106 Å². The summed E-state index contributed by atoms with van der Waals surface area (Å²) in [6.07, 6.45) is 2.65. The number of hydrogen-bond acceptors (Lipinski definition) is 2. The third-order valence-electron chi connectivity index (χ3n) is 3.41. The molecule has 0 radical (unpaired) electrons. The Kier molecular flexibility index (Phi) is 2.77. The van der Waals surface area contributed by atoms with Crippen LogP contribution in [0.1, 0.15) is 24.6 Å². The summed E-state index contributed by atoms with van der Waals surface area (Å²) in [6.45, 7) is 3.31. The van der Waals surface area contributed by atoms with Crippen LogP contribution < -0.4 is 5.32 Å². The lowest BCUT2D eigenvalue weighted by Gasteiger charge is -2.09. The molecule has 0 saturated heterocycles. The zero-order valence-corrected chi connectivity index (χ0v) is 10.9. The molecule has 0 atom stereocenters. The zero-order valence-electron chi connectivity index (χ0n) is 10.1. The Morgan fingerprint density at radius 1 is 1.12 bits per heavy atom. The van der Waals surface area contributed by atoms with Gasteiger partial charge >= 0.3 is 0 Å². The first-order chi connectivity index (χ1) is 8.25. The minimum absolute atomic E-state index is 0.427. The number of benzene rings is 1. The quantitative estimate of drug-likeness (QED) is 0.854. The van der Waals surface area contributed by atoms with Gasteiger partial charge in [0.2, 0.25) is 0 Å². The van der Waals surface area contributed by atoms with E-state index in [1.54, 1.807) is 0 Å². The molecule has 2 aromatic rings. The van der Waals surface area contributed by atoms with Crippen molar-refractivity contribution < 1.29 is 0 Å². The van der Waals surface area contributed by atoms with E-state index in [1.807, 2.05) is 11.3 Å². The van der Waals surface area contributed by atoms with Crippen molar-refractivity contribution in [3.05, 3.63) is 47.3 Å². The van der Waals surface area contributed by atoms with Crippen molar-refractivity contribution in [2.75, 3.05) is 0 Å². The van der Waals surface area contributed by atoms with Crippen LogP contribution in [-0.2, 0) is 6.54 Å². The lowest BCUT2D eigenvalue weighted by atomic mass is 10.2. The highest BCUT2D eigenvalue weighted by molar-refractivity contribution is 7.15. The normalized spacial score (nSPS) is 17.0. The highest BCUT2D eigenvalue weighted by Crippen LogP contribution is 2.35. The maximum atomic E-state index is 3.62. The summed E-state index contributed by atoms with van der Waals surface area (Å²) in [5, 5.41) is 3.62. The highest BCUT2D eigenvalue weighted by atomic mass is 32.1. The molecular formula is C15H17NS. The van der Waals surface area contributed by atoms with Crippen LogP contribution in [0.2, 0.25) is 0 Å². The lowest BCUT2D eigenvalue weighted by molar-refractivity contribution is 0.541. The Morgan fingerprint density at radius 3 is 2.59 bits per heavy atom. The predicted octanol–water partition coefficient (Wildman–Crippen LogP) is 4.06. The molecule has 0 spiro atoms. The molecule has 1 N–H and O–H groups in total. The van der Waals surface area contributed by atoms with Crippen molar-refractivity contribution in [3.8, 4) is 10.4 Å². The van der Waals surface area contributed by atoms with Gasteiger partial charge in [0.05, 0.1) is 0 Å². The second-order valence-corrected chi connectivity index (χ2v) is 6.21. The molecule has 0 amide bonds. The predicted molar refractivity (Wildman–Crippen MR) is 74.2 cm³/mol. The van der Waals surface area contributed by atoms with Crippen LogP contribution in [0.4, 0.5) is 0 Å². The average Bonchev–Trinajstić information content (AvgIpc) is 2.93. The van der Waals surface area contributed by atoms with Crippen LogP contribution in [0.25, 0.3) is 10.4 Å². The minimum Gasteiger partial charge on any atom is -0.307 e. The van der Waals surface area contributed by atoms with Gasteiger partial charge in [-0.05, 0) is 37.5 Å². The molecule has 2 heteroatoms. The van der Waals surface area contributed by atoms with E-state index in [0.717, 1.165) is 6.54 Å². The van der Waals surface area contributed by atoms with E-state index in [2.05, 4.69) is 54.7 Å². The van der Waals surface area contributed by atoms with Gasteiger partial charge in [0.25, 0.3) is 0 Å². The van der Waals surface area contributed by atoms with Gasteiger partial charge in [-0.2, -0.15) is 0 Å². The van der Waals surface area contributed by atoms with Crippen molar-refractivity contribution >= 4 is 11.3 Å². The molecule has 88 valence electrons. The smallest absolute Gasteiger partial charge is 0.0346 e. The fraction of sp³-hybridized carbons (Fsp3) is 0.333. The van der Waals surface area contributed by atoms with Gasteiger partial charge in [-0.1, -0.05) is 30.3 Å². The highest BCUT2D eigenvalue weighted by Gasteiger charge is 2.36. The van der Waals surface area contributed by atoms with Crippen LogP contribution in [0.5, 0.6) is 0 Å². The van der Waals surface area contributed by atoms with E-state index >= 15 is 0 Å². The molecule has 1 aromatic heterocycles. The Balaban J connectivity index is 1.70. The first-order valence-electron chi connectivity index (χ1n) is 6.14. The van der Waals surface area contributed by atoms with E-state index in [9.17, 15) is 0 Å². The van der Waals surface area contributed by atoms with Crippen molar-refractivity contribution in [1.29, 1.82) is 0 Å². The molecule has 1 nitrogen and oxygen atoms in total. The maximum absolute atomic E-state index is 3.62. The van der Waals surface area contributed by atoms with E-state index in [1.165, 1.54) is 28.2 Å². The molecule has 3 rings (SSSR count). The second-order valence-electron chi connectivity index (χ2n) is 5.05. The monoisotopic (exact) mass is 243 g/mol. The van der Waals surface area contributed by atoms with Crippen LogP contribution in [0, 0.1) is 0 Å². The first-order valence-corrected chi connectivity index (χ1v) is 6.96. The van der Waals surface area contributed by atoms with Crippen molar-refractivity contribution in [2.24, 2.45) is 0 Å². The summed E-state index contributed by atoms with van der Waals surface area (Å²) >= 11 is 1.89. The standard InChI is InChI=1S/C15H17NS/c1-15(9-10-15)16-11-13-7-8-14(17-13)12-5-3-2-4-6-12/h2-8,16H,9-11H2,1H3. The Morgan fingerprint density at radius 2 is 1.88 bits per heavy atom. The molecule has 1 aliphatic carbocycles. The van der Waals surface area contributed by atoms with Crippen molar-refractivity contribution in [2.45, 2.75) is 31.8 Å². The molecule has 0 unspecified atom stereocenters. The van der Waals surface area contributed by atoms with Crippen molar-refractivity contribution in [3.63, 3.8) is 0 Å². The fourth-order valence-corrected chi connectivity index (χ4v) is 2.85. The molecule has 1 aliphatic rings. The van der Waals surface area contributed by atoms with E-state index in [-0.39, 0.29) is 0 Å². The van der Waals surface area contributed by atoms with Gasteiger partial charge in [0.1, 0.15) is 0 Å². The SMILES string of the molecule is CC1(NCc2ccc(-c3ccccc3)s2)CC1. The minimum atomic E-state index is 0.427. The fourth-order valence-electron chi connectivity index (χ4n) is 1.90. The number of rotatable bonds is 4. The molecule has 0 aliphatic heterocycles. The molecular weight excluding hydrogens is 226 g/mol. The third kappa shape index (κ3) is 2.59. The zero-order chi connectivity index (χ0) is 11.7. The van der Waals surface area contributed by atoms with E-state index < -0.39 is 0 Å². The average molecular weight is 243 g/mol. The van der Waals surface area contributed by atoms with Crippen LogP contribution in [0.3, 0.4) is 0 Å².